The van der Waals surface area contributed by atoms with Crippen LogP contribution in [0.15, 0.2) is 22.7 Å². The van der Waals surface area contributed by atoms with E-state index in [0.717, 1.165) is 27.2 Å². The molecule has 1 aromatic heterocycles. The minimum Gasteiger partial charge on any atom is -0.378 e. The molecule has 0 fully saturated rings. The van der Waals surface area contributed by atoms with Crippen LogP contribution < -0.4 is 5.32 Å². The van der Waals surface area contributed by atoms with Crippen molar-refractivity contribution in [2.24, 2.45) is 0 Å². The lowest BCUT2D eigenvalue weighted by Crippen LogP contribution is -2.08. The van der Waals surface area contributed by atoms with Gasteiger partial charge in [-0.25, -0.2) is 14.4 Å². The molecule has 1 N–H and O–H groups in total. The molecule has 0 aliphatic heterocycles. The molecule has 21 heavy (non-hydrogen) atoms. The number of nitrogens with zero attached hydrogens (tertiary/aromatic N) is 2. The summed E-state index contributed by atoms with van der Waals surface area (Å²) in [5, 5.41) is 3.21. The lowest BCUT2D eigenvalue weighted by Gasteiger charge is -2.12. The highest BCUT2D eigenvalue weighted by Gasteiger charge is 2.15. The molecule has 0 aliphatic carbocycles. The van der Waals surface area contributed by atoms with Gasteiger partial charge in [-0.05, 0) is 63.6 Å². The third kappa shape index (κ3) is 3.89. The van der Waals surface area contributed by atoms with Gasteiger partial charge in [-0.15, -0.1) is 0 Å². The first-order valence-electron chi connectivity index (χ1n) is 6.31. The molecule has 1 heterocycles. The summed E-state index contributed by atoms with van der Waals surface area (Å²) in [4.78, 5) is 9.06. The maximum Gasteiger partial charge on any atom is 0.163 e. The number of anilines is 1. The van der Waals surface area contributed by atoms with E-state index in [1.165, 1.54) is 12.1 Å². The third-order valence-electron chi connectivity index (χ3n) is 2.72. The van der Waals surface area contributed by atoms with Crippen LogP contribution in [0.5, 0.6) is 0 Å². The Morgan fingerprint density at radius 1 is 1.38 bits per heavy atom. The molecule has 0 spiro atoms. The number of hydrogen-bond donors (Lipinski definition) is 1. The van der Waals surface area contributed by atoms with Gasteiger partial charge in [0.15, 0.2) is 5.82 Å². The van der Waals surface area contributed by atoms with Crippen LogP contribution in [-0.2, 0) is 11.3 Å². The van der Waals surface area contributed by atoms with E-state index < -0.39 is 0 Å². The van der Waals surface area contributed by atoms with Gasteiger partial charge in [0.05, 0.1) is 15.9 Å². The Morgan fingerprint density at radius 2 is 2.14 bits per heavy atom. The molecule has 0 saturated heterocycles. The van der Waals surface area contributed by atoms with Crippen molar-refractivity contribution in [3.63, 3.8) is 0 Å². The van der Waals surface area contributed by atoms with Crippen LogP contribution in [-0.4, -0.2) is 23.6 Å². The maximum atomic E-state index is 13.2. The Balaban J connectivity index is 2.56. The van der Waals surface area contributed by atoms with Crippen LogP contribution in [0.2, 0.25) is 0 Å². The summed E-state index contributed by atoms with van der Waals surface area (Å²) in [5.41, 5.74) is 1.54. The molecule has 0 saturated carbocycles. The SMILES string of the molecule is CCNc1nc(-c2ccc(F)cc2Br)nc(COC)c1I. The molecular weight excluding hydrogens is 452 g/mol. The molecule has 2 rings (SSSR count). The number of methoxy groups -OCH3 is 1. The minimum absolute atomic E-state index is 0.305. The van der Waals surface area contributed by atoms with Crippen molar-refractivity contribution in [3.05, 3.63) is 37.8 Å². The quantitative estimate of drug-likeness (QED) is 0.671. The molecule has 0 aliphatic rings. The van der Waals surface area contributed by atoms with Gasteiger partial charge in [-0.1, -0.05) is 0 Å². The number of aromatic nitrogens is 2. The monoisotopic (exact) mass is 465 g/mol. The summed E-state index contributed by atoms with van der Waals surface area (Å²) in [6, 6.07) is 4.46. The van der Waals surface area contributed by atoms with E-state index in [1.807, 2.05) is 6.92 Å². The average molecular weight is 466 g/mol. The Hall–Kier alpha value is -0.800. The van der Waals surface area contributed by atoms with E-state index in [9.17, 15) is 4.39 Å². The molecule has 112 valence electrons. The van der Waals surface area contributed by atoms with Crippen molar-refractivity contribution in [1.29, 1.82) is 0 Å². The Bertz CT molecular complexity index is 627. The van der Waals surface area contributed by atoms with Gasteiger partial charge in [-0.2, -0.15) is 0 Å². The van der Waals surface area contributed by atoms with Gasteiger partial charge >= 0.3 is 0 Å². The van der Waals surface area contributed by atoms with Crippen LogP contribution in [0.25, 0.3) is 11.4 Å². The second-order valence-corrected chi connectivity index (χ2v) is 6.18. The number of nitrogens with one attached hydrogen (secondary N) is 1. The summed E-state index contributed by atoms with van der Waals surface area (Å²) >= 11 is 5.55. The van der Waals surface area contributed by atoms with E-state index in [1.54, 1.807) is 13.2 Å². The number of halogens is 3. The van der Waals surface area contributed by atoms with Crippen LogP contribution in [0.1, 0.15) is 12.6 Å². The fourth-order valence-corrected chi connectivity index (χ4v) is 2.92. The Morgan fingerprint density at radius 3 is 2.76 bits per heavy atom. The van der Waals surface area contributed by atoms with Crippen molar-refractivity contribution in [2.75, 3.05) is 19.0 Å². The van der Waals surface area contributed by atoms with Gasteiger partial charge in [-0.3, -0.25) is 0 Å². The fourth-order valence-electron chi connectivity index (χ4n) is 1.80. The highest BCUT2D eigenvalue weighted by Crippen LogP contribution is 2.29. The van der Waals surface area contributed by atoms with Crippen molar-refractivity contribution >= 4 is 44.3 Å². The van der Waals surface area contributed by atoms with Crippen molar-refractivity contribution in [3.8, 4) is 11.4 Å². The Labute approximate surface area is 144 Å². The molecule has 0 radical (unpaired) electrons. The summed E-state index contributed by atoms with van der Waals surface area (Å²) in [6.07, 6.45) is 0. The first kappa shape index (κ1) is 16.6. The average Bonchev–Trinajstić information content (AvgIpc) is 2.43. The van der Waals surface area contributed by atoms with Gasteiger partial charge in [0.25, 0.3) is 0 Å². The van der Waals surface area contributed by atoms with Gasteiger partial charge in [0.1, 0.15) is 11.6 Å². The van der Waals surface area contributed by atoms with Gasteiger partial charge in [0, 0.05) is 23.7 Å². The lowest BCUT2D eigenvalue weighted by atomic mass is 10.2. The molecule has 4 nitrogen and oxygen atoms in total. The van der Waals surface area contributed by atoms with Crippen molar-refractivity contribution in [1.82, 2.24) is 9.97 Å². The molecule has 7 heteroatoms. The summed E-state index contributed by atoms with van der Waals surface area (Å²) in [5.74, 6) is 0.983. The molecule has 0 bridgehead atoms. The van der Waals surface area contributed by atoms with E-state index in [2.05, 4.69) is 53.8 Å². The molecular formula is C14H14BrFIN3O. The zero-order chi connectivity index (χ0) is 15.4. The van der Waals surface area contributed by atoms with E-state index in [0.29, 0.717) is 16.9 Å². The van der Waals surface area contributed by atoms with Crippen LogP contribution in [0, 0.1) is 9.39 Å². The van der Waals surface area contributed by atoms with Gasteiger partial charge < -0.3 is 10.1 Å². The zero-order valence-corrected chi connectivity index (χ0v) is 15.3. The smallest absolute Gasteiger partial charge is 0.163 e. The number of rotatable bonds is 5. The predicted octanol–water partition coefficient (Wildman–Crippen LogP) is 4.23. The number of benzene rings is 1. The second-order valence-electron chi connectivity index (χ2n) is 4.24. The third-order valence-corrected chi connectivity index (χ3v) is 4.51. The first-order valence-corrected chi connectivity index (χ1v) is 8.18. The summed E-state index contributed by atoms with van der Waals surface area (Å²) in [7, 11) is 1.62. The van der Waals surface area contributed by atoms with Crippen LogP contribution >= 0.6 is 38.5 Å². The fraction of sp³-hybridized carbons (Fsp3) is 0.286. The van der Waals surface area contributed by atoms with E-state index >= 15 is 0 Å². The normalized spacial score (nSPS) is 10.7. The lowest BCUT2D eigenvalue weighted by molar-refractivity contribution is 0.181. The zero-order valence-electron chi connectivity index (χ0n) is 11.6. The highest BCUT2D eigenvalue weighted by atomic mass is 127. The molecule has 2 aromatic rings. The van der Waals surface area contributed by atoms with Crippen molar-refractivity contribution in [2.45, 2.75) is 13.5 Å². The molecule has 0 amide bonds. The highest BCUT2D eigenvalue weighted by molar-refractivity contribution is 14.1. The second kappa shape index (κ2) is 7.46. The number of hydrogen-bond acceptors (Lipinski definition) is 4. The summed E-state index contributed by atoms with van der Waals surface area (Å²) < 4.78 is 20.0. The minimum atomic E-state index is -0.305. The van der Waals surface area contributed by atoms with E-state index in [4.69, 9.17) is 4.74 Å². The maximum absolute atomic E-state index is 13.2. The van der Waals surface area contributed by atoms with Crippen LogP contribution in [0.3, 0.4) is 0 Å². The summed E-state index contributed by atoms with van der Waals surface area (Å²) in [6.45, 7) is 3.15. The first-order chi connectivity index (χ1) is 10.1. The largest absolute Gasteiger partial charge is 0.378 e. The topological polar surface area (TPSA) is 47.0 Å². The van der Waals surface area contributed by atoms with Crippen LogP contribution in [0.4, 0.5) is 10.2 Å². The van der Waals surface area contributed by atoms with E-state index in [-0.39, 0.29) is 5.82 Å². The standard InChI is InChI=1S/C14H14BrFIN3O/c1-3-18-14-12(17)11(7-21-2)19-13(20-14)9-5-4-8(16)6-10(9)15/h4-6H,3,7H2,1-2H3,(H,18,19,20). The van der Waals surface area contributed by atoms with Crippen molar-refractivity contribution < 1.29 is 9.13 Å². The molecule has 0 unspecified atom stereocenters. The predicted molar refractivity (Wildman–Crippen MR) is 92.7 cm³/mol. The number of ether oxygens (including phenoxy) is 1. The Kier molecular flexibility index (Phi) is 5.88. The van der Waals surface area contributed by atoms with Gasteiger partial charge in [0.2, 0.25) is 0 Å². The molecule has 0 atom stereocenters. The molecule has 1 aromatic carbocycles.